The highest BCUT2D eigenvalue weighted by Gasteiger charge is 2.36. The van der Waals surface area contributed by atoms with E-state index in [2.05, 4.69) is 4.74 Å². The number of aryl methyl sites for hydroxylation is 1. The Kier molecular flexibility index (Phi) is 5.75. The quantitative estimate of drug-likeness (QED) is 0.405. The van der Waals surface area contributed by atoms with Crippen molar-refractivity contribution < 1.29 is 27.9 Å². The number of amides is 2. The van der Waals surface area contributed by atoms with Gasteiger partial charge < -0.3 is 13.7 Å². The lowest BCUT2D eigenvalue weighted by molar-refractivity contribution is -0.123. The van der Waals surface area contributed by atoms with E-state index >= 15 is 0 Å². The summed E-state index contributed by atoms with van der Waals surface area (Å²) in [6.07, 6.45) is 1.66. The summed E-state index contributed by atoms with van der Waals surface area (Å²) in [5, 5.41) is -0.434. The number of nitrogens with zero attached hydrogens (tertiary/aromatic N) is 2. The van der Waals surface area contributed by atoms with Crippen molar-refractivity contribution in [2.75, 3.05) is 7.11 Å². The zero-order valence-electron chi connectivity index (χ0n) is 17.5. The standard InChI is InChI=1S/C23H19FN2O5S/c1-13-9-15(14(2)26(13)17-6-4-5-16(24)11-17)10-20-21(27)25(23(29)32-20)12-18-7-8-19(31-18)22(28)30-3/h4-11H,12H2,1-3H3. The molecule has 1 aromatic carbocycles. The molecule has 0 saturated carbocycles. The number of hydrogen-bond donors (Lipinski definition) is 0. The topological polar surface area (TPSA) is 81.8 Å². The van der Waals surface area contributed by atoms with Crippen LogP contribution in [0.3, 0.4) is 0 Å². The number of carbonyl (C=O) groups is 3. The lowest BCUT2D eigenvalue weighted by atomic mass is 10.2. The Labute approximate surface area is 187 Å². The number of aromatic nitrogens is 1. The molecule has 9 heteroatoms. The molecule has 0 radical (unpaired) electrons. The second-order valence-corrected chi connectivity index (χ2v) is 8.16. The number of rotatable bonds is 5. The molecule has 0 unspecified atom stereocenters. The van der Waals surface area contributed by atoms with Crippen LogP contribution in [0.4, 0.5) is 9.18 Å². The van der Waals surface area contributed by atoms with Crippen LogP contribution in [0.2, 0.25) is 0 Å². The van der Waals surface area contributed by atoms with Gasteiger partial charge in [-0.1, -0.05) is 6.07 Å². The molecule has 4 rings (SSSR count). The van der Waals surface area contributed by atoms with Crippen LogP contribution in [0.15, 0.2) is 51.8 Å². The van der Waals surface area contributed by atoms with Gasteiger partial charge in [0.15, 0.2) is 0 Å². The number of ether oxygens (including phenoxy) is 1. The summed E-state index contributed by atoms with van der Waals surface area (Å²) in [5.41, 5.74) is 3.10. The lowest BCUT2D eigenvalue weighted by Gasteiger charge is -2.10. The van der Waals surface area contributed by atoms with Crippen molar-refractivity contribution in [1.82, 2.24) is 9.47 Å². The largest absolute Gasteiger partial charge is 0.463 e. The first-order valence-electron chi connectivity index (χ1n) is 9.65. The second-order valence-electron chi connectivity index (χ2n) is 7.17. The Balaban J connectivity index is 1.59. The zero-order valence-corrected chi connectivity index (χ0v) is 18.4. The smallest absolute Gasteiger partial charge is 0.373 e. The molecule has 3 heterocycles. The second kappa shape index (κ2) is 8.51. The summed E-state index contributed by atoms with van der Waals surface area (Å²) in [6, 6.07) is 11.1. The number of halogens is 1. The number of thioether (sulfide) groups is 1. The molecule has 3 aromatic rings. The summed E-state index contributed by atoms with van der Waals surface area (Å²) in [7, 11) is 1.23. The van der Waals surface area contributed by atoms with E-state index in [1.807, 2.05) is 24.5 Å². The molecule has 32 heavy (non-hydrogen) atoms. The molecule has 1 saturated heterocycles. The fourth-order valence-electron chi connectivity index (χ4n) is 3.55. The predicted molar refractivity (Wildman–Crippen MR) is 117 cm³/mol. The maximum Gasteiger partial charge on any atom is 0.373 e. The molecule has 0 bridgehead atoms. The van der Waals surface area contributed by atoms with Gasteiger partial charge in [-0.25, -0.2) is 9.18 Å². The van der Waals surface area contributed by atoms with Crippen molar-refractivity contribution in [3.63, 3.8) is 0 Å². The van der Waals surface area contributed by atoms with Gasteiger partial charge in [-0.3, -0.25) is 14.5 Å². The average molecular weight is 454 g/mol. The zero-order chi connectivity index (χ0) is 23.0. The Morgan fingerprint density at radius 2 is 1.97 bits per heavy atom. The van der Waals surface area contributed by atoms with E-state index in [-0.39, 0.29) is 23.0 Å². The van der Waals surface area contributed by atoms with Crippen LogP contribution >= 0.6 is 11.8 Å². The first-order chi connectivity index (χ1) is 15.3. The molecule has 0 spiro atoms. The van der Waals surface area contributed by atoms with Crippen molar-refractivity contribution in [1.29, 1.82) is 0 Å². The van der Waals surface area contributed by atoms with Crippen molar-refractivity contribution in [3.05, 3.63) is 81.7 Å². The Bertz CT molecular complexity index is 1270. The highest BCUT2D eigenvalue weighted by atomic mass is 32.2. The van der Waals surface area contributed by atoms with Gasteiger partial charge in [0.2, 0.25) is 5.76 Å². The normalized spacial score (nSPS) is 15.1. The van der Waals surface area contributed by atoms with Crippen LogP contribution in [-0.2, 0) is 16.1 Å². The number of furan rings is 1. The van der Waals surface area contributed by atoms with Crippen LogP contribution in [0, 0.1) is 19.7 Å². The van der Waals surface area contributed by atoms with E-state index in [4.69, 9.17) is 4.42 Å². The first-order valence-corrected chi connectivity index (χ1v) is 10.5. The van der Waals surface area contributed by atoms with Crippen LogP contribution < -0.4 is 0 Å². The van der Waals surface area contributed by atoms with Gasteiger partial charge in [-0.2, -0.15) is 0 Å². The third kappa shape index (κ3) is 3.99. The Morgan fingerprint density at radius 1 is 1.19 bits per heavy atom. The maximum absolute atomic E-state index is 13.7. The van der Waals surface area contributed by atoms with Gasteiger partial charge in [0.05, 0.1) is 18.6 Å². The third-order valence-corrected chi connectivity index (χ3v) is 5.97. The molecule has 0 atom stereocenters. The third-order valence-electron chi connectivity index (χ3n) is 5.06. The minimum atomic E-state index is -0.640. The maximum atomic E-state index is 13.7. The number of methoxy groups -OCH3 is 1. The van der Waals surface area contributed by atoms with Gasteiger partial charge in [0.1, 0.15) is 11.6 Å². The van der Waals surface area contributed by atoms with E-state index in [0.29, 0.717) is 11.4 Å². The SMILES string of the molecule is COC(=O)c1ccc(CN2C(=O)SC(=Cc3cc(C)n(-c4cccc(F)c4)c3C)C2=O)o1. The van der Waals surface area contributed by atoms with Gasteiger partial charge in [-0.05, 0) is 73.6 Å². The summed E-state index contributed by atoms with van der Waals surface area (Å²) in [5.74, 6) is -1.15. The first kappa shape index (κ1) is 21.6. The van der Waals surface area contributed by atoms with Gasteiger partial charge in [-0.15, -0.1) is 0 Å². The van der Waals surface area contributed by atoms with Crippen LogP contribution in [-0.4, -0.2) is 33.7 Å². The summed E-state index contributed by atoms with van der Waals surface area (Å²) < 4.78 is 25.5. The van der Waals surface area contributed by atoms with Crippen LogP contribution in [0.25, 0.3) is 11.8 Å². The van der Waals surface area contributed by atoms with Crippen molar-refractivity contribution in [3.8, 4) is 5.69 Å². The Morgan fingerprint density at radius 3 is 2.69 bits per heavy atom. The fraction of sp³-hybridized carbons (Fsp3) is 0.174. The van der Waals surface area contributed by atoms with E-state index in [1.54, 1.807) is 18.2 Å². The van der Waals surface area contributed by atoms with Crippen LogP contribution in [0.1, 0.15) is 33.3 Å². The number of benzene rings is 1. The molecule has 0 aliphatic carbocycles. The average Bonchev–Trinajstić information content (AvgIpc) is 3.41. The summed E-state index contributed by atoms with van der Waals surface area (Å²) in [6.45, 7) is 3.66. The van der Waals surface area contributed by atoms with E-state index in [1.165, 1.54) is 31.4 Å². The molecule has 7 nitrogen and oxygen atoms in total. The number of hydrogen-bond acceptors (Lipinski definition) is 6. The highest BCUT2D eigenvalue weighted by molar-refractivity contribution is 8.18. The van der Waals surface area contributed by atoms with E-state index < -0.39 is 17.1 Å². The molecule has 164 valence electrons. The fourth-order valence-corrected chi connectivity index (χ4v) is 4.38. The van der Waals surface area contributed by atoms with Crippen LogP contribution in [0.5, 0.6) is 0 Å². The minimum absolute atomic E-state index is 0.00481. The summed E-state index contributed by atoms with van der Waals surface area (Å²) in [4.78, 5) is 38.2. The van der Waals surface area contributed by atoms with Gasteiger partial charge in [0, 0.05) is 17.1 Å². The molecule has 1 fully saturated rings. The minimum Gasteiger partial charge on any atom is -0.463 e. The lowest BCUT2D eigenvalue weighted by Crippen LogP contribution is -2.27. The van der Waals surface area contributed by atoms with Crippen molar-refractivity contribution >= 4 is 35.0 Å². The Hall–Kier alpha value is -3.59. The molecule has 0 N–H and O–H groups in total. The summed E-state index contributed by atoms with van der Waals surface area (Å²) >= 11 is 0.832. The number of esters is 1. The molecule has 1 aliphatic rings. The molecule has 2 aromatic heterocycles. The molecule has 1 aliphatic heterocycles. The predicted octanol–water partition coefficient (Wildman–Crippen LogP) is 4.85. The number of imide groups is 1. The van der Waals surface area contributed by atoms with Gasteiger partial charge >= 0.3 is 5.97 Å². The van der Waals surface area contributed by atoms with E-state index in [0.717, 1.165) is 33.6 Å². The molecule has 2 amide bonds. The van der Waals surface area contributed by atoms with Crippen molar-refractivity contribution in [2.24, 2.45) is 0 Å². The van der Waals surface area contributed by atoms with Crippen molar-refractivity contribution in [2.45, 2.75) is 20.4 Å². The van der Waals surface area contributed by atoms with E-state index in [9.17, 15) is 18.8 Å². The van der Waals surface area contributed by atoms with Gasteiger partial charge in [0.25, 0.3) is 11.1 Å². The monoisotopic (exact) mass is 454 g/mol. The highest BCUT2D eigenvalue weighted by Crippen LogP contribution is 2.35. The molecular formula is C23H19FN2O5S. The molecular weight excluding hydrogens is 435 g/mol. The number of carbonyl (C=O) groups excluding carboxylic acids is 3.